The first-order valence-corrected chi connectivity index (χ1v) is 10.1. The van der Waals surface area contributed by atoms with E-state index in [9.17, 15) is 4.79 Å². The smallest absolute Gasteiger partial charge is 0.220 e. The molecule has 0 saturated carbocycles. The summed E-state index contributed by atoms with van der Waals surface area (Å²) < 4.78 is 7.62. The highest BCUT2D eigenvalue weighted by molar-refractivity contribution is 6.33. The fraction of sp³-hybridized carbons (Fsp3) is 0.174. The van der Waals surface area contributed by atoms with E-state index in [0.717, 1.165) is 16.7 Å². The molecule has 4 aromatic rings. The Morgan fingerprint density at radius 1 is 1.07 bits per heavy atom. The first-order chi connectivity index (χ1) is 14.7. The molecular weight excluding hydrogens is 400 g/mol. The van der Waals surface area contributed by atoms with Crippen LogP contribution in [0.25, 0.3) is 11.3 Å². The molecular formula is C23H21ClN4O2. The van der Waals surface area contributed by atoms with Gasteiger partial charge in [0.25, 0.3) is 0 Å². The third-order valence-electron chi connectivity index (χ3n) is 4.74. The zero-order valence-corrected chi connectivity index (χ0v) is 17.0. The van der Waals surface area contributed by atoms with Gasteiger partial charge < -0.3 is 9.73 Å². The van der Waals surface area contributed by atoms with E-state index >= 15 is 0 Å². The lowest BCUT2D eigenvalue weighted by molar-refractivity contribution is -0.121. The van der Waals surface area contributed by atoms with Crippen LogP contribution in [0.15, 0.2) is 77.6 Å². The van der Waals surface area contributed by atoms with Crippen LogP contribution in [0.2, 0.25) is 5.02 Å². The SMILES string of the molecule is O=C(CCc1ncc(-c2ccccc2Cl)o1)NCc1ccccc1Cn1cccn1. The predicted molar refractivity (Wildman–Crippen MR) is 115 cm³/mol. The molecule has 0 saturated heterocycles. The molecule has 7 heteroatoms. The van der Waals surface area contributed by atoms with Crippen LogP contribution in [0.3, 0.4) is 0 Å². The molecule has 0 atom stereocenters. The van der Waals surface area contributed by atoms with E-state index in [2.05, 4.69) is 15.4 Å². The van der Waals surface area contributed by atoms with Crippen molar-refractivity contribution in [2.45, 2.75) is 25.9 Å². The second-order valence-electron chi connectivity index (χ2n) is 6.85. The highest BCUT2D eigenvalue weighted by Gasteiger charge is 2.11. The Morgan fingerprint density at radius 2 is 1.87 bits per heavy atom. The number of rotatable bonds is 8. The zero-order valence-electron chi connectivity index (χ0n) is 16.3. The Kier molecular flexibility index (Phi) is 6.25. The molecule has 0 aliphatic heterocycles. The lowest BCUT2D eigenvalue weighted by atomic mass is 10.1. The minimum absolute atomic E-state index is 0.0543. The van der Waals surface area contributed by atoms with Gasteiger partial charge in [-0.05, 0) is 29.3 Å². The van der Waals surface area contributed by atoms with Crippen molar-refractivity contribution < 1.29 is 9.21 Å². The van der Waals surface area contributed by atoms with Crippen LogP contribution >= 0.6 is 11.6 Å². The summed E-state index contributed by atoms with van der Waals surface area (Å²) in [6.07, 6.45) is 6.03. The monoisotopic (exact) mass is 420 g/mol. The molecule has 1 N–H and O–H groups in total. The summed E-state index contributed by atoms with van der Waals surface area (Å²) >= 11 is 6.19. The van der Waals surface area contributed by atoms with Crippen molar-refractivity contribution >= 4 is 17.5 Å². The third-order valence-corrected chi connectivity index (χ3v) is 5.07. The van der Waals surface area contributed by atoms with Crippen LogP contribution in [0.1, 0.15) is 23.4 Å². The number of halogens is 1. The normalized spacial score (nSPS) is 10.8. The lowest BCUT2D eigenvalue weighted by Gasteiger charge is -2.11. The van der Waals surface area contributed by atoms with Gasteiger partial charge in [0, 0.05) is 37.3 Å². The van der Waals surface area contributed by atoms with Gasteiger partial charge in [0.05, 0.1) is 17.8 Å². The number of hydrogen-bond donors (Lipinski definition) is 1. The molecule has 0 spiro atoms. The van der Waals surface area contributed by atoms with Gasteiger partial charge in [-0.25, -0.2) is 4.98 Å². The fourth-order valence-electron chi connectivity index (χ4n) is 3.17. The Labute approximate surface area is 179 Å². The Bertz CT molecular complexity index is 1120. The molecule has 0 unspecified atom stereocenters. The van der Waals surface area contributed by atoms with E-state index < -0.39 is 0 Å². The number of carbonyl (C=O) groups is 1. The van der Waals surface area contributed by atoms with Crippen molar-refractivity contribution in [2.75, 3.05) is 0 Å². The first kappa shape index (κ1) is 19.9. The summed E-state index contributed by atoms with van der Waals surface area (Å²) in [5.41, 5.74) is 2.98. The number of oxazole rings is 1. The molecule has 0 aliphatic carbocycles. The third kappa shape index (κ3) is 4.96. The van der Waals surface area contributed by atoms with Crippen LogP contribution in [0, 0.1) is 0 Å². The predicted octanol–water partition coefficient (Wildman–Crippen LogP) is 4.49. The van der Waals surface area contributed by atoms with Crippen molar-refractivity contribution in [3.63, 3.8) is 0 Å². The minimum Gasteiger partial charge on any atom is -0.441 e. The second-order valence-corrected chi connectivity index (χ2v) is 7.25. The van der Waals surface area contributed by atoms with Crippen LogP contribution in [-0.2, 0) is 24.3 Å². The van der Waals surface area contributed by atoms with Crippen LogP contribution in [0.4, 0.5) is 0 Å². The molecule has 2 heterocycles. The topological polar surface area (TPSA) is 73.0 Å². The molecule has 2 aromatic carbocycles. The maximum atomic E-state index is 12.3. The van der Waals surface area contributed by atoms with E-state index in [-0.39, 0.29) is 5.91 Å². The van der Waals surface area contributed by atoms with Gasteiger partial charge in [-0.2, -0.15) is 5.10 Å². The van der Waals surface area contributed by atoms with E-state index in [1.165, 1.54) is 0 Å². The number of amides is 1. The van der Waals surface area contributed by atoms with E-state index in [4.69, 9.17) is 16.0 Å². The van der Waals surface area contributed by atoms with Gasteiger partial charge in [-0.3, -0.25) is 9.48 Å². The Morgan fingerprint density at radius 3 is 2.67 bits per heavy atom. The van der Waals surface area contributed by atoms with Crippen LogP contribution < -0.4 is 5.32 Å². The molecule has 0 aliphatic rings. The van der Waals surface area contributed by atoms with Crippen molar-refractivity contribution in [3.05, 3.63) is 95.2 Å². The number of nitrogens with one attached hydrogen (secondary N) is 1. The van der Waals surface area contributed by atoms with Gasteiger partial charge in [0.1, 0.15) is 0 Å². The number of hydrogen-bond acceptors (Lipinski definition) is 4. The minimum atomic E-state index is -0.0543. The van der Waals surface area contributed by atoms with Gasteiger partial charge in [-0.1, -0.05) is 48.0 Å². The maximum absolute atomic E-state index is 12.3. The van der Waals surface area contributed by atoms with Crippen molar-refractivity contribution in [3.8, 4) is 11.3 Å². The summed E-state index contributed by atoms with van der Waals surface area (Å²) in [6, 6.07) is 17.3. The molecule has 30 heavy (non-hydrogen) atoms. The molecule has 0 bridgehead atoms. The first-order valence-electron chi connectivity index (χ1n) is 9.69. The van der Waals surface area contributed by atoms with Crippen molar-refractivity contribution in [2.24, 2.45) is 0 Å². The highest BCUT2D eigenvalue weighted by Crippen LogP contribution is 2.28. The zero-order chi connectivity index (χ0) is 20.8. The number of nitrogens with zero attached hydrogens (tertiary/aromatic N) is 3. The number of aromatic nitrogens is 3. The molecule has 0 fully saturated rings. The molecule has 6 nitrogen and oxygen atoms in total. The summed E-state index contributed by atoms with van der Waals surface area (Å²) in [4.78, 5) is 16.6. The molecule has 1 amide bonds. The maximum Gasteiger partial charge on any atom is 0.220 e. The fourth-order valence-corrected chi connectivity index (χ4v) is 3.40. The van der Waals surface area contributed by atoms with E-state index in [1.54, 1.807) is 18.5 Å². The van der Waals surface area contributed by atoms with Crippen LogP contribution in [0.5, 0.6) is 0 Å². The lowest BCUT2D eigenvalue weighted by Crippen LogP contribution is -2.24. The second kappa shape index (κ2) is 9.41. The largest absolute Gasteiger partial charge is 0.441 e. The molecule has 0 radical (unpaired) electrons. The molecule has 4 rings (SSSR count). The summed E-state index contributed by atoms with van der Waals surface area (Å²) in [7, 11) is 0. The molecule has 2 aromatic heterocycles. The van der Waals surface area contributed by atoms with Crippen LogP contribution in [-0.4, -0.2) is 20.7 Å². The standard InChI is InChI=1S/C23H21ClN4O2/c24-20-9-4-3-8-19(20)21-15-26-23(30-21)11-10-22(29)25-14-17-6-1-2-7-18(17)16-28-13-5-12-27-28/h1-9,12-13,15H,10-11,14,16H2,(H,25,29). The van der Waals surface area contributed by atoms with Gasteiger partial charge in [-0.15, -0.1) is 0 Å². The Balaban J connectivity index is 1.31. The number of benzene rings is 2. The Hall–Kier alpha value is -3.38. The quantitative estimate of drug-likeness (QED) is 0.456. The van der Waals surface area contributed by atoms with E-state index in [1.807, 2.05) is 59.4 Å². The molecule has 152 valence electrons. The van der Waals surface area contributed by atoms with Gasteiger partial charge in [0.15, 0.2) is 11.7 Å². The average molecular weight is 421 g/mol. The van der Waals surface area contributed by atoms with Gasteiger partial charge >= 0.3 is 0 Å². The van der Waals surface area contributed by atoms with Gasteiger partial charge in [0.2, 0.25) is 5.91 Å². The summed E-state index contributed by atoms with van der Waals surface area (Å²) in [6.45, 7) is 1.13. The number of carbonyl (C=O) groups excluding carboxylic acids is 1. The van der Waals surface area contributed by atoms with E-state index in [0.29, 0.717) is 42.6 Å². The highest BCUT2D eigenvalue weighted by atomic mass is 35.5. The average Bonchev–Trinajstić information content (AvgIpc) is 3.44. The van der Waals surface area contributed by atoms with Crippen molar-refractivity contribution in [1.82, 2.24) is 20.1 Å². The summed E-state index contributed by atoms with van der Waals surface area (Å²) in [5.74, 6) is 1.06. The number of aryl methyl sites for hydroxylation is 1. The van der Waals surface area contributed by atoms with Crippen molar-refractivity contribution in [1.29, 1.82) is 0 Å². The summed E-state index contributed by atoms with van der Waals surface area (Å²) in [5, 5.41) is 7.82.